The van der Waals surface area contributed by atoms with Gasteiger partial charge < -0.3 is 4.74 Å². The van der Waals surface area contributed by atoms with Gasteiger partial charge in [0.15, 0.2) is 0 Å². The first kappa shape index (κ1) is 12.0. The van der Waals surface area contributed by atoms with Crippen molar-refractivity contribution < 1.29 is 9.53 Å². The lowest BCUT2D eigenvalue weighted by Gasteiger charge is -2.34. The summed E-state index contributed by atoms with van der Waals surface area (Å²) in [6.45, 7) is 4.82. The third kappa shape index (κ3) is 2.93. The van der Waals surface area contributed by atoms with E-state index in [1.165, 1.54) is 0 Å². The van der Waals surface area contributed by atoms with Crippen LogP contribution in [0.4, 0.5) is 0 Å². The summed E-state index contributed by atoms with van der Waals surface area (Å²) in [5, 5.41) is 8.98. The number of rotatable bonds is 3. The molecule has 0 N–H and O–H groups in total. The molecule has 0 aliphatic carbocycles. The Bertz CT molecular complexity index is 260. The van der Waals surface area contributed by atoms with Gasteiger partial charge in [-0.3, -0.25) is 9.69 Å². The maximum atomic E-state index is 11.5. The fraction of sp³-hybridized carbons (Fsp3) is 0.818. The van der Waals surface area contributed by atoms with Gasteiger partial charge in [-0.2, -0.15) is 5.26 Å². The lowest BCUT2D eigenvalue weighted by molar-refractivity contribution is -0.149. The van der Waals surface area contributed by atoms with Crippen LogP contribution in [-0.2, 0) is 9.53 Å². The minimum absolute atomic E-state index is 0.127. The van der Waals surface area contributed by atoms with E-state index < -0.39 is 0 Å². The molecule has 0 amide bonds. The van der Waals surface area contributed by atoms with Gasteiger partial charge in [0, 0.05) is 6.54 Å². The molecule has 15 heavy (non-hydrogen) atoms. The van der Waals surface area contributed by atoms with E-state index >= 15 is 0 Å². The van der Waals surface area contributed by atoms with Crippen molar-refractivity contribution in [2.24, 2.45) is 0 Å². The summed E-state index contributed by atoms with van der Waals surface area (Å²) in [7, 11) is 0. The van der Waals surface area contributed by atoms with Gasteiger partial charge in [0.1, 0.15) is 6.04 Å². The van der Waals surface area contributed by atoms with Crippen LogP contribution in [0, 0.1) is 11.3 Å². The average molecular weight is 210 g/mol. The number of hydrogen-bond acceptors (Lipinski definition) is 4. The Labute approximate surface area is 90.8 Å². The Morgan fingerprint density at radius 2 is 2.40 bits per heavy atom. The molecule has 1 rings (SSSR count). The van der Waals surface area contributed by atoms with Crippen molar-refractivity contribution in [3.63, 3.8) is 0 Å². The van der Waals surface area contributed by atoms with Crippen molar-refractivity contribution in [2.75, 3.05) is 13.2 Å². The number of nitrogens with zero attached hydrogens (tertiary/aromatic N) is 2. The van der Waals surface area contributed by atoms with Crippen molar-refractivity contribution in [1.29, 1.82) is 5.26 Å². The van der Waals surface area contributed by atoms with Gasteiger partial charge in [0.2, 0.25) is 0 Å². The predicted molar refractivity (Wildman–Crippen MR) is 56.1 cm³/mol. The molecule has 2 unspecified atom stereocenters. The topological polar surface area (TPSA) is 53.3 Å². The molecule has 2 atom stereocenters. The van der Waals surface area contributed by atoms with Gasteiger partial charge in [-0.15, -0.1) is 0 Å². The third-order valence-electron chi connectivity index (χ3n) is 2.82. The molecular formula is C11H18N2O2. The van der Waals surface area contributed by atoms with Crippen LogP contribution >= 0.6 is 0 Å². The molecule has 0 aromatic heterocycles. The Morgan fingerprint density at radius 1 is 1.67 bits per heavy atom. The Balaban J connectivity index is 2.59. The van der Waals surface area contributed by atoms with Crippen LogP contribution in [0.5, 0.6) is 0 Å². The molecule has 1 aliphatic heterocycles. The van der Waals surface area contributed by atoms with E-state index in [0.29, 0.717) is 6.61 Å². The largest absolute Gasteiger partial charge is 0.465 e. The number of nitriles is 1. The second kappa shape index (κ2) is 5.72. The van der Waals surface area contributed by atoms with Crippen LogP contribution in [0.15, 0.2) is 0 Å². The molecule has 1 aliphatic rings. The molecule has 0 bridgehead atoms. The van der Waals surface area contributed by atoms with E-state index in [2.05, 4.69) is 6.07 Å². The number of esters is 1. The monoisotopic (exact) mass is 210 g/mol. The van der Waals surface area contributed by atoms with Gasteiger partial charge in [-0.25, -0.2) is 0 Å². The quantitative estimate of drug-likeness (QED) is 0.659. The summed E-state index contributed by atoms with van der Waals surface area (Å²) >= 11 is 0. The fourth-order valence-corrected chi connectivity index (χ4v) is 1.95. The standard InChI is InChI=1S/C11H18N2O2/c1-3-15-11(14)9(2)13-7-5-4-6-10(13)8-12/h9-10H,3-7H2,1-2H3. The van der Waals surface area contributed by atoms with E-state index in [-0.39, 0.29) is 18.1 Å². The normalized spacial score (nSPS) is 24.2. The Kier molecular flexibility index (Phi) is 4.57. The third-order valence-corrected chi connectivity index (χ3v) is 2.82. The van der Waals surface area contributed by atoms with Crippen LogP contribution < -0.4 is 0 Å². The van der Waals surface area contributed by atoms with Crippen LogP contribution in [0.2, 0.25) is 0 Å². The minimum atomic E-state index is -0.296. The van der Waals surface area contributed by atoms with Gasteiger partial charge in [-0.05, 0) is 33.1 Å². The zero-order valence-corrected chi connectivity index (χ0v) is 9.40. The molecule has 4 nitrogen and oxygen atoms in total. The molecule has 84 valence electrons. The van der Waals surface area contributed by atoms with Crippen LogP contribution in [-0.4, -0.2) is 36.1 Å². The van der Waals surface area contributed by atoms with E-state index in [9.17, 15) is 4.79 Å². The molecule has 4 heteroatoms. The number of ether oxygens (including phenoxy) is 1. The summed E-state index contributed by atoms with van der Waals surface area (Å²) in [6, 6.07) is 1.83. The van der Waals surface area contributed by atoms with E-state index in [1.54, 1.807) is 6.92 Å². The summed E-state index contributed by atoms with van der Waals surface area (Å²) in [4.78, 5) is 13.5. The van der Waals surface area contributed by atoms with Gasteiger partial charge in [0.25, 0.3) is 0 Å². The molecular weight excluding hydrogens is 192 g/mol. The maximum Gasteiger partial charge on any atom is 0.323 e. The molecule has 0 saturated carbocycles. The SMILES string of the molecule is CCOC(=O)C(C)N1CCCCC1C#N. The molecule has 1 saturated heterocycles. The summed E-state index contributed by atoms with van der Waals surface area (Å²) in [6.07, 6.45) is 2.99. The molecule has 1 heterocycles. The highest BCUT2D eigenvalue weighted by Gasteiger charge is 2.30. The highest BCUT2D eigenvalue weighted by molar-refractivity contribution is 5.75. The Hall–Kier alpha value is -1.08. The number of hydrogen-bond donors (Lipinski definition) is 0. The summed E-state index contributed by atoms with van der Waals surface area (Å²) in [5.74, 6) is -0.223. The van der Waals surface area contributed by atoms with Crippen molar-refractivity contribution in [3.8, 4) is 6.07 Å². The number of carbonyl (C=O) groups excluding carboxylic acids is 1. The second-order valence-corrected chi connectivity index (χ2v) is 3.81. The van der Waals surface area contributed by atoms with Crippen LogP contribution in [0.25, 0.3) is 0 Å². The zero-order valence-electron chi connectivity index (χ0n) is 9.40. The van der Waals surface area contributed by atoms with Gasteiger partial charge >= 0.3 is 5.97 Å². The number of likely N-dealkylation sites (tertiary alicyclic amines) is 1. The highest BCUT2D eigenvalue weighted by Crippen LogP contribution is 2.19. The molecule has 0 aromatic carbocycles. The van der Waals surface area contributed by atoms with Crippen molar-refractivity contribution in [1.82, 2.24) is 4.90 Å². The minimum Gasteiger partial charge on any atom is -0.465 e. The van der Waals surface area contributed by atoms with Crippen molar-refractivity contribution >= 4 is 5.97 Å². The Morgan fingerprint density at radius 3 is 3.00 bits per heavy atom. The number of piperidine rings is 1. The fourth-order valence-electron chi connectivity index (χ4n) is 1.95. The number of carbonyl (C=O) groups is 1. The molecule has 0 radical (unpaired) electrons. The van der Waals surface area contributed by atoms with E-state index in [0.717, 1.165) is 25.8 Å². The second-order valence-electron chi connectivity index (χ2n) is 3.81. The highest BCUT2D eigenvalue weighted by atomic mass is 16.5. The average Bonchev–Trinajstić information content (AvgIpc) is 2.28. The van der Waals surface area contributed by atoms with E-state index in [4.69, 9.17) is 10.00 Å². The summed E-state index contributed by atoms with van der Waals surface area (Å²) < 4.78 is 4.96. The predicted octanol–water partition coefficient (Wildman–Crippen LogP) is 1.32. The lowest BCUT2D eigenvalue weighted by Crippen LogP contribution is -2.48. The van der Waals surface area contributed by atoms with Crippen molar-refractivity contribution in [2.45, 2.75) is 45.2 Å². The first-order valence-corrected chi connectivity index (χ1v) is 5.52. The van der Waals surface area contributed by atoms with Crippen LogP contribution in [0.1, 0.15) is 33.1 Å². The van der Waals surface area contributed by atoms with E-state index in [1.807, 2.05) is 11.8 Å². The first-order chi connectivity index (χ1) is 7.20. The van der Waals surface area contributed by atoms with Crippen molar-refractivity contribution in [3.05, 3.63) is 0 Å². The van der Waals surface area contributed by atoms with Gasteiger partial charge in [0.05, 0.1) is 18.7 Å². The zero-order chi connectivity index (χ0) is 11.3. The molecule has 0 aromatic rings. The first-order valence-electron chi connectivity index (χ1n) is 5.52. The lowest BCUT2D eigenvalue weighted by atomic mass is 10.0. The smallest absolute Gasteiger partial charge is 0.323 e. The van der Waals surface area contributed by atoms with Crippen LogP contribution in [0.3, 0.4) is 0 Å². The summed E-state index contributed by atoms with van der Waals surface area (Å²) in [5.41, 5.74) is 0. The van der Waals surface area contributed by atoms with Gasteiger partial charge in [-0.1, -0.05) is 0 Å². The maximum absolute atomic E-state index is 11.5. The molecule has 1 fully saturated rings. The molecule has 0 spiro atoms.